The highest BCUT2D eigenvalue weighted by atomic mass is 32.2. The van der Waals surface area contributed by atoms with Crippen LogP contribution in [0.3, 0.4) is 0 Å². The molecule has 1 aliphatic rings. The number of thioether (sulfide) groups is 1. The molecule has 0 radical (unpaired) electrons. The number of hydrogen-bond donors (Lipinski definition) is 1. The fourth-order valence-corrected chi connectivity index (χ4v) is 5.25. The minimum absolute atomic E-state index is 0.0926. The lowest BCUT2D eigenvalue weighted by Crippen LogP contribution is -2.45. The molecule has 1 aliphatic heterocycles. The lowest BCUT2D eigenvalue weighted by molar-refractivity contribution is -0.142. The van der Waals surface area contributed by atoms with Crippen molar-refractivity contribution in [2.75, 3.05) is 0 Å². The number of carboxylic acid groups (broad SMARTS) is 1. The highest BCUT2D eigenvalue weighted by Gasteiger charge is 2.63. The number of carbonyl (C=O) groups excluding carboxylic acids is 1. The average Bonchev–Trinajstić information content (AvgIpc) is 2.87. The molecule has 0 aliphatic carbocycles. The number of likely N-dealkylation sites (tertiary alicyclic amines) is 1. The van der Waals surface area contributed by atoms with Crippen LogP contribution in [0.4, 0.5) is 0 Å². The van der Waals surface area contributed by atoms with Crippen LogP contribution in [0, 0.1) is 12.8 Å². The van der Waals surface area contributed by atoms with Crippen molar-refractivity contribution in [3.63, 3.8) is 0 Å². The lowest BCUT2D eigenvalue weighted by atomic mass is 9.86. The van der Waals surface area contributed by atoms with Crippen LogP contribution in [0.5, 0.6) is 0 Å². The summed E-state index contributed by atoms with van der Waals surface area (Å²) < 4.78 is -1.29. The number of amides is 1. The normalized spacial score (nSPS) is 25.2. The third kappa shape index (κ3) is 3.25. The highest BCUT2D eigenvalue weighted by molar-refractivity contribution is 8.01. The summed E-state index contributed by atoms with van der Waals surface area (Å²) in [5, 5.41) is 10.4. The Balaban J connectivity index is 2.19. The zero-order chi connectivity index (χ0) is 19.8. The second-order valence-electron chi connectivity index (χ2n) is 7.39. The number of aliphatic carboxylic acids is 1. The van der Waals surface area contributed by atoms with Gasteiger partial charge in [0.05, 0.1) is 12.0 Å². The van der Waals surface area contributed by atoms with Crippen molar-refractivity contribution < 1.29 is 14.7 Å². The maximum absolute atomic E-state index is 13.1. The standard InChI is InChI=1S/C22H25NO3S/c1-14(2)23-19(17-8-6-5-7-9-17)22(21(25)26,16(4)20(23)24)27-18-12-10-15(3)11-13-18/h5-14,16,19H,1-4H3,(H,25,26)/t16-,19+,22+/m0/s1. The summed E-state index contributed by atoms with van der Waals surface area (Å²) in [5.74, 6) is -1.71. The van der Waals surface area contributed by atoms with E-state index in [0.717, 1.165) is 16.0 Å². The van der Waals surface area contributed by atoms with Gasteiger partial charge in [-0.25, -0.2) is 0 Å². The number of rotatable bonds is 5. The van der Waals surface area contributed by atoms with Gasteiger partial charge in [-0.15, -0.1) is 11.8 Å². The molecule has 1 fully saturated rings. The number of carboxylic acids is 1. The van der Waals surface area contributed by atoms with Gasteiger partial charge in [0.15, 0.2) is 4.75 Å². The van der Waals surface area contributed by atoms with E-state index in [0.29, 0.717) is 0 Å². The fraction of sp³-hybridized carbons (Fsp3) is 0.364. The summed E-state index contributed by atoms with van der Waals surface area (Å²) in [6.45, 7) is 7.62. The Morgan fingerprint density at radius 3 is 2.22 bits per heavy atom. The Morgan fingerprint density at radius 2 is 1.70 bits per heavy atom. The van der Waals surface area contributed by atoms with Crippen molar-refractivity contribution in [3.8, 4) is 0 Å². The van der Waals surface area contributed by atoms with Gasteiger partial charge in [0.2, 0.25) is 5.91 Å². The Labute approximate surface area is 164 Å². The molecule has 3 atom stereocenters. The van der Waals surface area contributed by atoms with Gasteiger partial charge in [0.1, 0.15) is 0 Å². The molecule has 1 saturated heterocycles. The van der Waals surface area contributed by atoms with Gasteiger partial charge >= 0.3 is 5.97 Å². The van der Waals surface area contributed by atoms with E-state index in [2.05, 4.69) is 0 Å². The molecule has 142 valence electrons. The largest absolute Gasteiger partial charge is 0.480 e. The molecule has 0 bridgehead atoms. The molecule has 0 unspecified atom stereocenters. The van der Waals surface area contributed by atoms with Crippen LogP contribution in [0.15, 0.2) is 59.5 Å². The number of hydrogen-bond acceptors (Lipinski definition) is 3. The van der Waals surface area contributed by atoms with Crippen LogP contribution < -0.4 is 0 Å². The average molecular weight is 384 g/mol. The Hall–Kier alpha value is -2.27. The Kier molecular flexibility index (Phi) is 5.33. The van der Waals surface area contributed by atoms with Crippen LogP contribution >= 0.6 is 11.8 Å². The summed E-state index contributed by atoms with van der Waals surface area (Å²) >= 11 is 1.29. The molecule has 1 heterocycles. The molecule has 0 spiro atoms. The molecule has 5 heteroatoms. The van der Waals surface area contributed by atoms with E-state index in [1.165, 1.54) is 11.8 Å². The molecule has 2 aromatic rings. The Bertz CT molecular complexity index is 834. The maximum Gasteiger partial charge on any atom is 0.323 e. The smallest absolute Gasteiger partial charge is 0.323 e. The van der Waals surface area contributed by atoms with Crippen LogP contribution in [0.1, 0.15) is 37.9 Å². The van der Waals surface area contributed by atoms with Crippen LogP contribution in [-0.4, -0.2) is 32.7 Å². The van der Waals surface area contributed by atoms with Crippen molar-refractivity contribution in [1.82, 2.24) is 4.90 Å². The maximum atomic E-state index is 13.1. The van der Waals surface area contributed by atoms with Gasteiger partial charge in [0.25, 0.3) is 0 Å². The topological polar surface area (TPSA) is 57.6 Å². The zero-order valence-electron chi connectivity index (χ0n) is 16.0. The molecule has 0 saturated carbocycles. The number of carbonyl (C=O) groups is 2. The van der Waals surface area contributed by atoms with Crippen LogP contribution in [0.2, 0.25) is 0 Å². The third-order valence-corrected chi connectivity index (χ3v) is 6.86. The van der Waals surface area contributed by atoms with Crippen LogP contribution in [-0.2, 0) is 9.59 Å². The molecular formula is C22H25NO3S. The molecular weight excluding hydrogens is 358 g/mol. The second kappa shape index (κ2) is 7.39. The van der Waals surface area contributed by atoms with E-state index in [1.54, 1.807) is 11.8 Å². The first-order chi connectivity index (χ1) is 12.8. The quantitative estimate of drug-likeness (QED) is 0.824. The monoisotopic (exact) mass is 383 g/mol. The van der Waals surface area contributed by atoms with Crippen molar-refractivity contribution in [3.05, 3.63) is 65.7 Å². The van der Waals surface area contributed by atoms with Gasteiger partial charge in [-0.3, -0.25) is 9.59 Å². The van der Waals surface area contributed by atoms with E-state index in [-0.39, 0.29) is 11.9 Å². The molecule has 1 N–H and O–H groups in total. The first-order valence-corrected chi connectivity index (χ1v) is 9.97. The third-order valence-electron chi connectivity index (χ3n) is 5.27. The summed E-state index contributed by atoms with van der Waals surface area (Å²) in [4.78, 5) is 28.4. The molecule has 2 aromatic carbocycles. The van der Waals surface area contributed by atoms with Gasteiger partial charge < -0.3 is 10.0 Å². The van der Waals surface area contributed by atoms with Crippen molar-refractivity contribution in [1.29, 1.82) is 0 Å². The van der Waals surface area contributed by atoms with Crippen molar-refractivity contribution in [2.24, 2.45) is 5.92 Å². The van der Waals surface area contributed by atoms with E-state index in [4.69, 9.17) is 0 Å². The highest BCUT2D eigenvalue weighted by Crippen LogP contribution is 2.55. The number of benzene rings is 2. The van der Waals surface area contributed by atoms with E-state index < -0.39 is 22.7 Å². The molecule has 3 rings (SSSR count). The summed E-state index contributed by atoms with van der Waals surface area (Å²) in [7, 11) is 0. The molecule has 4 nitrogen and oxygen atoms in total. The first-order valence-electron chi connectivity index (χ1n) is 9.15. The van der Waals surface area contributed by atoms with E-state index >= 15 is 0 Å². The second-order valence-corrected chi connectivity index (χ2v) is 8.74. The van der Waals surface area contributed by atoms with Gasteiger partial charge in [-0.2, -0.15) is 0 Å². The summed E-state index contributed by atoms with van der Waals surface area (Å²) in [6.07, 6.45) is 0. The molecule has 0 aromatic heterocycles. The van der Waals surface area contributed by atoms with Gasteiger partial charge in [0, 0.05) is 10.9 Å². The van der Waals surface area contributed by atoms with E-state index in [1.807, 2.05) is 75.4 Å². The number of nitrogens with zero attached hydrogens (tertiary/aromatic N) is 1. The Morgan fingerprint density at radius 1 is 1.11 bits per heavy atom. The lowest BCUT2D eigenvalue weighted by Gasteiger charge is -2.37. The van der Waals surface area contributed by atoms with Gasteiger partial charge in [-0.05, 0) is 38.5 Å². The predicted octanol–water partition coefficient (Wildman–Crippen LogP) is 4.54. The number of aryl methyl sites for hydroxylation is 1. The molecule has 27 heavy (non-hydrogen) atoms. The predicted molar refractivity (Wildman–Crippen MR) is 108 cm³/mol. The van der Waals surface area contributed by atoms with Crippen LogP contribution in [0.25, 0.3) is 0 Å². The zero-order valence-corrected chi connectivity index (χ0v) is 16.9. The summed E-state index contributed by atoms with van der Waals surface area (Å²) in [5.41, 5.74) is 1.97. The SMILES string of the molecule is Cc1ccc(S[C@]2(C(=O)O)[C@@H](C)C(=O)N(C(C)C)[C@@H]2c2ccccc2)cc1. The first kappa shape index (κ1) is 19.5. The van der Waals surface area contributed by atoms with Crippen molar-refractivity contribution >= 4 is 23.6 Å². The minimum atomic E-state index is -1.29. The minimum Gasteiger partial charge on any atom is -0.480 e. The van der Waals surface area contributed by atoms with Crippen molar-refractivity contribution in [2.45, 2.75) is 49.4 Å². The molecule has 1 amide bonds. The van der Waals surface area contributed by atoms with Gasteiger partial charge in [-0.1, -0.05) is 55.0 Å². The summed E-state index contributed by atoms with van der Waals surface area (Å²) in [6, 6.07) is 16.7. The fourth-order valence-electron chi connectivity index (χ4n) is 3.87. The van der Waals surface area contributed by atoms with E-state index in [9.17, 15) is 14.7 Å².